The van der Waals surface area contributed by atoms with Gasteiger partial charge >= 0.3 is 0 Å². The second-order valence-electron chi connectivity index (χ2n) is 7.50. The molecule has 1 aromatic carbocycles. The molecule has 2 aliphatic heterocycles. The first-order chi connectivity index (χ1) is 14.0. The number of ether oxygens (including phenoxy) is 1. The number of benzene rings is 1. The fourth-order valence-corrected chi connectivity index (χ4v) is 5.06. The number of aliphatic imine (C=N–C) groups is 1. The van der Waals surface area contributed by atoms with Gasteiger partial charge in [0.2, 0.25) is 0 Å². The average molecular weight is 424 g/mol. The minimum Gasteiger partial charge on any atom is -0.495 e. The Balaban J connectivity index is 1.50. The third-order valence-electron chi connectivity index (χ3n) is 5.42. The number of para-hydroxylation sites is 2. The van der Waals surface area contributed by atoms with E-state index in [1.165, 1.54) is 0 Å². The molecular formula is C20H33N5O3S. The van der Waals surface area contributed by atoms with E-state index in [1.807, 2.05) is 18.2 Å². The van der Waals surface area contributed by atoms with Crippen molar-refractivity contribution < 1.29 is 13.2 Å². The van der Waals surface area contributed by atoms with E-state index in [1.54, 1.807) is 7.11 Å². The Bertz CT molecular complexity index is 785. The molecule has 8 nitrogen and oxygen atoms in total. The number of hydrogen-bond acceptors (Lipinski definition) is 6. The van der Waals surface area contributed by atoms with E-state index in [9.17, 15) is 8.42 Å². The number of nitrogens with one attached hydrogen (secondary N) is 2. The van der Waals surface area contributed by atoms with Gasteiger partial charge in [-0.1, -0.05) is 12.1 Å². The highest BCUT2D eigenvalue weighted by Crippen LogP contribution is 2.30. The summed E-state index contributed by atoms with van der Waals surface area (Å²) in [4.78, 5) is 9.21. The van der Waals surface area contributed by atoms with E-state index in [0.717, 1.165) is 50.0 Å². The summed E-state index contributed by atoms with van der Waals surface area (Å²) >= 11 is 0. The van der Waals surface area contributed by atoms with E-state index in [2.05, 4.69) is 33.4 Å². The van der Waals surface area contributed by atoms with Crippen LogP contribution in [0.4, 0.5) is 5.69 Å². The van der Waals surface area contributed by atoms with E-state index in [0.29, 0.717) is 25.7 Å². The molecule has 0 aliphatic carbocycles. The lowest BCUT2D eigenvalue weighted by Gasteiger charge is -2.26. The van der Waals surface area contributed by atoms with Crippen LogP contribution in [-0.4, -0.2) is 89.7 Å². The predicted molar refractivity (Wildman–Crippen MR) is 118 cm³/mol. The highest BCUT2D eigenvalue weighted by Gasteiger charge is 2.25. The van der Waals surface area contributed by atoms with Crippen LogP contribution in [0, 0.1) is 0 Å². The summed E-state index contributed by atoms with van der Waals surface area (Å²) in [6.07, 6.45) is 1.03. The van der Waals surface area contributed by atoms with E-state index >= 15 is 0 Å². The van der Waals surface area contributed by atoms with E-state index in [4.69, 9.17) is 9.73 Å². The van der Waals surface area contributed by atoms with Crippen molar-refractivity contribution in [2.24, 2.45) is 4.99 Å². The standard InChI is InChI=1S/C20H33N5O3S/c1-3-21-20(22-9-11-24-12-14-29(26,27)15-13-24)23-17-8-10-25(16-17)18-6-4-5-7-19(18)28-2/h4-7,17H,3,8-16H2,1-2H3,(H2,21,22,23). The zero-order chi connectivity index (χ0) is 20.7. The molecule has 0 amide bonds. The molecule has 162 valence electrons. The van der Waals surface area contributed by atoms with Crippen LogP contribution in [0.3, 0.4) is 0 Å². The molecule has 1 unspecified atom stereocenters. The monoisotopic (exact) mass is 423 g/mol. The molecule has 0 spiro atoms. The lowest BCUT2D eigenvalue weighted by molar-refractivity contribution is 0.304. The lowest BCUT2D eigenvalue weighted by Crippen LogP contribution is -2.45. The maximum absolute atomic E-state index is 11.5. The van der Waals surface area contributed by atoms with Crippen LogP contribution in [0.25, 0.3) is 0 Å². The fraction of sp³-hybridized carbons (Fsp3) is 0.650. The molecule has 1 atom stereocenters. The third kappa shape index (κ3) is 6.24. The maximum atomic E-state index is 11.5. The van der Waals surface area contributed by atoms with Crippen LogP contribution < -0.4 is 20.3 Å². The molecule has 0 radical (unpaired) electrons. The summed E-state index contributed by atoms with van der Waals surface area (Å²) in [7, 11) is -1.12. The van der Waals surface area contributed by atoms with Gasteiger partial charge in [-0.05, 0) is 25.5 Å². The number of sulfone groups is 1. The molecule has 29 heavy (non-hydrogen) atoms. The van der Waals surface area contributed by atoms with Crippen molar-refractivity contribution in [3.63, 3.8) is 0 Å². The molecule has 2 N–H and O–H groups in total. The summed E-state index contributed by atoms with van der Waals surface area (Å²) in [5, 5.41) is 6.87. The number of guanidine groups is 1. The summed E-state index contributed by atoms with van der Waals surface area (Å²) in [5.74, 6) is 2.24. The van der Waals surface area contributed by atoms with Gasteiger partial charge in [0.15, 0.2) is 15.8 Å². The maximum Gasteiger partial charge on any atom is 0.191 e. The molecule has 2 aliphatic rings. The highest BCUT2D eigenvalue weighted by atomic mass is 32.2. The number of hydrogen-bond donors (Lipinski definition) is 2. The van der Waals surface area contributed by atoms with Crippen LogP contribution in [0.1, 0.15) is 13.3 Å². The fourth-order valence-electron chi connectivity index (χ4n) is 3.78. The van der Waals surface area contributed by atoms with Gasteiger partial charge < -0.3 is 20.3 Å². The largest absolute Gasteiger partial charge is 0.495 e. The first-order valence-electron chi connectivity index (χ1n) is 10.4. The molecule has 0 saturated carbocycles. The molecule has 1 aromatic rings. The Morgan fingerprint density at radius 3 is 2.72 bits per heavy atom. The summed E-state index contributed by atoms with van der Waals surface area (Å²) in [6, 6.07) is 8.43. The molecule has 2 fully saturated rings. The minimum absolute atomic E-state index is 0.260. The average Bonchev–Trinajstić information content (AvgIpc) is 3.17. The van der Waals surface area contributed by atoms with Crippen molar-refractivity contribution in [2.45, 2.75) is 19.4 Å². The molecular weight excluding hydrogens is 390 g/mol. The Morgan fingerprint density at radius 2 is 2.00 bits per heavy atom. The Hall–Kier alpha value is -2.00. The third-order valence-corrected chi connectivity index (χ3v) is 7.03. The number of anilines is 1. The molecule has 9 heteroatoms. The van der Waals surface area contributed by atoms with Crippen molar-refractivity contribution in [1.82, 2.24) is 15.5 Å². The van der Waals surface area contributed by atoms with Gasteiger partial charge in [-0.2, -0.15) is 0 Å². The van der Waals surface area contributed by atoms with Gasteiger partial charge in [0, 0.05) is 45.3 Å². The van der Waals surface area contributed by atoms with Crippen LogP contribution >= 0.6 is 0 Å². The SMILES string of the molecule is CCNC(=NCCN1CCS(=O)(=O)CC1)NC1CCN(c2ccccc2OC)C1. The first kappa shape index (κ1) is 21.7. The van der Waals surface area contributed by atoms with Crippen LogP contribution in [0.2, 0.25) is 0 Å². The molecule has 2 saturated heterocycles. The minimum atomic E-state index is -2.83. The van der Waals surface area contributed by atoms with Gasteiger partial charge in [-0.15, -0.1) is 0 Å². The normalized spacial score (nSPS) is 22.5. The van der Waals surface area contributed by atoms with Gasteiger partial charge in [0.05, 0.1) is 30.8 Å². The summed E-state index contributed by atoms with van der Waals surface area (Å²) in [5.41, 5.74) is 1.13. The quantitative estimate of drug-likeness (QED) is 0.490. The Labute approximate surface area is 174 Å². The van der Waals surface area contributed by atoms with Crippen molar-refractivity contribution >= 4 is 21.5 Å². The highest BCUT2D eigenvalue weighted by molar-refractivity contribution is 7.91. The lowest BCUT2D eigenvalue weighted by atomic mass is 10.2. The van der Waals surface area contributed by atoms with Crippen LogP contribution in [0.15, 0.2) is 29.3 Å². The Morgan fingerprint density at radius 1 is 1.24 bits per heavy atom. The van der Waals surface area contributed by atoms with Crippen molar-refractivity contribution in [2.75, 3.05) is 69.3 Å². The summed E-state index contributed by atoms with van der Waals surface area (Å²) < 4.78 is 28.6. The van der Waals surface area contributed by atoms with Crippen molar-refractivity contribution in [3.05, 3.63) is 24.3 Å². The zero-order valence-electron chi connectivity index (χ0n) is 17.4. The smallest absolute Gasteiger partial charge is 0.191 e. The van der Waals surface area contributed by atoms with Gasteiger partial charge in [-0.3, -0.25) is 9.89 Å². The second-order valence-corrected chi connectivity index (χ2v) is 9.81. The van der Waals surface area contributed by atoms with E-state index < -0.39 is 9.84 Å². The van der Waals surface area contributed by atoms with Gasteiger partial charge in [-0.25, -0.2) is 8.42 Å². The van der Waals surface area contributed by atoms with Gasteiger partial charge in [0.25, 0.3) is 0 Å². The zero-order valence-corrected chi connectivity index (χ0v) is 18.2. The second kappa shape index (κ2) is 10.2. The van der Waals surface area contributed by atoms with Crippen LogP contribution in [-0.2, 0) is 9.84 Å². The van der Waals surface area contributed by atoms with Gasteiger partial charge in [0.1, 0.15) is 5.75 Å². The van der Waals surface area contributed by atoms with Crippen molar-refractivity contribution in [1.29, 1.82) is 0 Å². The van der Waals surface area contributed by atoms with E-state index in [-0.39, 0.29) is 11.5 Å². The molecule has 0 aromatic heterocycles. The topological polar surface area (TPSA) is 86.3 Å². The summed E-state index contributed by atoms with van der Waals surface area (Å²) in [6.45, 7) is 7.38. The van der Waals surface area contributed by atoms with Crippen molar-refractivity contribution in [3.8, 4) is 5.75 Å². The molecule has 3 rings (SSSR count). The molecule has 2 heterocycles. The first-order valence-corrected chi connectivity index (χ1v) is 12.2. The Kier molecular flexibility index (Phi) is 7.60. The number of methoxy groups -OCH3 is 1. The predicted octanol–water partition coefficient (Wildman–Crippen LogP) is 0.559. The number of nitrogens with zero attached hydrogens (tertiary/aromatic N) is 3. The number of rotatable bonds is 7. The van der Waals surface area contributed by atoms with Crippen LogP contribution in [0.5, 0.6) is 5.75 Å². The molecule has 0 bridgehead atoms.